The summed E-state index contributed by atoms with van der Waals surface area (Å²) in [6, 6.07) is 6.67. The molecule has 0 N–H and O–H groups in total. The monoisotopic (exact) mass is 462 g/mol. The molecule has 164 valence electrons. The second kappa shape index (κ2) is 8.46. The van der Waals surface area contributed by atoms with Crippen molar-refractivity contribution in [1.29, 1.82) is 0 Å². The fourth-order valence-corrected chi connectivity index (χ4v) is 6.09. The molecular weight excluding hydrogens is 442 g/mol. The molecule has 0 aromatic heterocycles. The summed E-state index contributed by atoms with van der Waals surface area (Å²) >= 11 is 0. The SMILES string of the molecule is COc1ccc(OC)c(S(=O)(=O)N2CCN(S(=O)(=O)c3ccc(F)c(F)c3)CC2)c1. The van der Waals surface area contributed by atoms with Gasteiger partial charge in [0.15, 0.2) is 11.6 Å². The van der Waals surface area contributed by atoms with Crippen LogP contribution in [-0.2, 0) is 20.0 Å². The van der Waals surface area contributed by atoms with Crippen molar-refractivity contribution in [3.05, 3.63) is 48.0 Å². The van der Waals surface area contributed by atoms with Crippen molar-refractivity contribution in [2.45, 2.75) is 9.79 Å². The highest BCUT2D eigenvalue weighted by atomic mass is 32.2. The Balaban J connectivity index is 1.82. The highest BCUT2D eigenvalue weighted by Crippen LogP contribution is 2.31. The van der Waals surface area contributed by atoms with Gasteiger partial charge >= 0.3 is 0 Å². The average Bonchev–Trinajstić information content (AvgIpc) is 2.75. The average molecular weight is 462 g/mol. The zero-order chi connectivity index (χ0) is 22.1. The number of hydrogen-bond acceptors (Lipinski definition) is 6. The van der Waals surface area contributed by atoms with E-state index >= 15 is 0 Å². The fraction of sp³-hybridized carbons (Fsp3) is 0.333. The molecule has 0 spiro atoms. The van der Waals surface area contributed by atoms with Crippen molar-refractivity contribution in [2.75, 3.05) is 40.4 Å². The van der Waals surface area contributed by atoms with Gasteiger partial charge in [-0.15, -0.1) is 0 Å². The zero-order valence-electron chi connectivity index (χ0n) is 16.2. The van der Waals surface area contributed by atoms with E-state index in [0.717, 1.165) is 20.7 Å². The van der Waals surface area contributed by atoms with E-state index in [1.807, 2.05) is 0 Å². The van der Waals surface area contributed by atoms with E-state index in [1.165, 1.54) is 26.4 Å². The Hall–Kier alpha value is -2.28. The van der Waals surface area contributed by atoms with Gasteiger partial charge in [-0.1, -0.05) is 0 Å². The molecule has 0 bridgehead atoms. The number of halogens is 2. The molecule has 0 unspecified atom stereocenters. The summed E-state index contributed by atoms with van der Waals surface area (Å²) in [6.07, 6.45) is 0. The highest BCUT2D eigenvalue weighted by molar-refractivity contribution is 7.89. The Morgan fingerprint density at radius 1 is 0.767 bits per heavy atom. The van der Waals surface area contributed by atoms with Crippen LogP contribution in [0.2, 0.25) is 0 Å². The number of rotatable bonds is 6. The van der Waals surface area contributed by atoms with E-state index in [2.05, 4.69) is 0 Å². The highest BCUT2D eigenvalue weighted by Gasteiger charge is 2.35. The fourth-order valence-electron chi connectivity index (χ4n) is 3.06. The van der Waals surface area contributed by atoms with Gasteiger partial charge < -0.3 is 9.47 Å². The summed E-state index contributed by atoms with van der Waals surface area (Å²) < 4.78 is 90.5. The van der Waals surface area contributed by atoms with Gasteiger partial charge in [0.1, 0.15) is 16.4 Å². The van der Waals surface area contributed by atoms with Crippen LogP contribution in [0.15, 0.2) is 46.2 Å². The molecule has 12 heteroatoms. The van der Waals surface area contributed by atoms with Gasteiger partial charge in [0.05, 0.1) is 19.1 Å². The van der Waals surface area contributed by atoms with Gasteiger partial charge in [0.2, 0.25) is 20.0 Å². The Bertz CT molecular complexity index is 1150. The van der Waals surface area contributed by atoms with Gasteiger partial charge in [-0.3, -0.25) is 0 Å². The van der Waals surface area contributed by atoms with E-state index < -0.39 is 36.6 Å². The minimum atomic E-state index is -4.10. The van der Waals surface area contributed by atoms with Crippen LogP contribution in [-0.4, -0.2) is 65.8 Å². The molecule has 0 saturated carbocycles. The molecule has 1 saturated heterocycles. The number of hydrogen-bond donors (Lipinski definition) is 0. The lowest BCUT2D eigenvalue weighted by Crippen LogP contribution is -2.50. The number of piperazine rings is 1. The Labute approximate surface area is 173 Å². The predicted octanol–water partition coefficient (Wildman–Crippen LogP) is 1.68. The summed E-state index contributed by atoms with van der Waals surface area (Å²) in [5, 5.41) is 0. The Kier molecular flexibility index (Phi) is 6.32. The van der Waals surface area contributed by atoms with Crippen molar-refractivity contribution in [3.8, 4) is 11.5 Å². The Morgan fingerprint density at radius 3 is 1.90 bits per heavy atom. The van der Waals surface area contributed by atoms with Crippen molar-refractivity contribution in [1.82, 2.24) is 8.61 Å². The largest absolute Gasteiger partial charge is 0.497 e. The minimum Gasteiger partial charge on any atom is -0.497 e. The predicted molar refractivity (Wildman–Crippen MR) is 103 cm³/mol. The first-order valence-corrected chi connectivity index (χ1v) is 11.7. The maximum Gasteiger partial charge on any atom is 0.246 e. The van der Waals surface area contributed by atoms with Crippen LogP contribution in [0.1, 0.15) is 0 Å². The summed E-state index contributed by atoms with van der Waals surface area (Å²) in [5.74, 6) is -1.97. The van der Waals surface area contributed by atoms with Crippen LogP contribution >= 0.6 is 0 Å². The lowest BCUT2D eigenvalue weighted by atomic mass is 10.3. The zero-order valence-corrected chi connectivity index (χ0v) is 17.8. The smallest absolute Gasteiger partial charge is 0.246 e. The van der Waals surface area contributed by atoms with Gasteiger partial charge in [0, 0.05) is 32.2 Å². The van der Waals surface area contributed by atoms with E-state index in [4.69, 9.17) is 9.47 Å². The van der Waals surface area contributed by atoms with Crippen LogP contribution < -0.4 is 9.47 Å². The Morgan fingerprint density at radius 2 is 1.37 bits per heavy atom. The third kappa shape index (κ3) is 4.13. The molecule has 0 aliphatic carbocycles. The van der Waals surface area contributed by atoms with Gasteiger partial charge in [-0.05, 0) is 30.3 Å². The molecule has 3 rings (SSSR count). The first kappa shape index (κ1) is 22.4. The minimum absolute atomic E-state index is 0.0961. The molecule has 2 aromatic rings. The summed E-state index contributed by atoms with van der Waals surface area (Å²) in [6.45, 7) is -0.531. The molecule has 1 aliphatic heterocycles. The summed E-state index contributed by atoms with van der Waals surface area (Å²) in [5.41, 5.74) is 0. The van der Waals surface area contributed by atoms with Gasteiger partial charge in [-0.25, -0.2) is 25.6 Å². The molecule has 0 atom stereocenters. The molecule has 0 radical (unpaired) electrons. The second-order valence-corrected chi connectivity index (χ2v) is 10.2. The van der Waals surface area contributed by atoms with Crippen LogP contribution in [0.4, 0.5) is 8.78 Å². The molecule has 0 amide bonds. The van der Waals surface area contributed by atoms with Gasteiger partial charge in [0.25, 0.3) is 0 Å². The third-order valence-corrected chi connectivity index (χ3v) is 8.53. The van der Waals surface area contributed by atoms with Crippen LogP contribution in [0.25, 0.3) is 0 Å². The topological polar surface area (TPSA) is 93.2 Å². The van der Waals surface area contributed by atoms with E-state index in [-0.39, 0.29) is 36.8 Å². The maximum atomic E-state index is 13.4. The molecule has 30 heavy (non-hydrogen) atoms. The van der Waals surface area contributed by atoms with Crippen LogP contribution in [0, 0.1) is 11.6 Å². The molecule has 8 nitrogen and oxygen atoms in total. The molecule has 1 heterocycles. The van der Waals surface area contributed by atoms with E-state index in [1.54, 1.807) is 6.07 Å². The quantitative estimate of drug-likeness (QED) is 0.649. The van der Waals surface area contributed by atoms with E-state index in [9.17, 15) is 25.6 Å². The molecule has 1 aliphatic rings. The van der Waals surface area contributed by atoms with Crippen molar-refractivity contribution >= 4 is 20.0 Å². The first-order valence-electron chi connectivity index (χ1n) is 8.78. The van der Waals surface area contributed by atoms with Crippen LogP contribution in [0.3, 0.4) is 0 Å². The lowest BCUT2D eigenvalue weighted by molar-refractivity contribution is 0.271. The van der Waals surface area contributed by atoms with Crippen molar-refractivity contribution in [3.63, 3.8) is 0 Å². The van der Waals surface area contributed by atoms with Crippen molar-refractivity contribution < 1.29 is 35.1 Å². The normalized spacial score (nSPS) is 16.4. The van der Waals surface area contributed by atoms with E-state index in [0.29, 0.717) is 11.8 Å². The third-order valence-electron chi connectivity index (χ3n) is 4.72. The molecular formula is C18H20F2N2O6S2. The number of methoxy groups -OCH3 is 2. The summed E-state index contributed by atoms with van der Waals surface area (Å²) in [7, 11) is -5.34. The molecule has 1 fully saturated rings. The van der Waals surface area contributed by atoms with Crippen LogP contribution in [0.5, 0.6) is 11.5 Å². The number of benzene rings is 2. The second-order valence-electron chi connectivity index (χ2n) is 6.40. The lowest BCUT2D eigenvalue weighted by Gasteiger charge is -2.33. The number of sulfonamides is 2. The standard InChI is InChI=1S/C18H20F2N2O6S2/c1-27-13-3-6-17(28-2)18(11-13)30(25,26)22-9-7-21(8-10-22)29(23,24)14-4-5-15(19)16(20)12-14/h3-6,11-12H,7-10H2,1-2H3. The molecule has 2 aromatic carbocycles. The number of nitrogens with zero attached hydrogens (tertiary/aromatic N) is 2. The first-order chi connectivity index (χ1) is 14.1. The number of ether oxygens (including phenoxy) is 2. The maximum absolute atomic E-state index is 13.4. The summed E-state index contributed by atoms with van der Waals surface area (Å²) in [4.78, 5) is -0.492. The van der Waals surface area contributed by atoms with Crippen molar-refractivity contribution in [2.24, 2.45) is 0 Å². The van der Waals surface area contributed by atoms with Gasteiger partial charge in [-0.2, -0.15) is 8.61 Å².